The van der Waals surface area contributed by atoms with Crippen LogP contribution in [0.1, 0.15) is 24.0 Å². The molecule has 138 valence electrons. The minimum Gasteiger partial charge on any atom is -0.482 e. The van der Waals surface area contributed by atoms with Gasteiger partial charge in [-0.3, -0.25) is 4.79 Å². The Balaban J connectivity index is 1.86. The van der Waals surface area contributed by atoms with E-state index in [9.17, 15) is 13.2 Å². The summed E-state index contributed by atoms with van der Waals surface area (Å²) in [6.45, 7) is 7.97. The monoisotopic (exact) mass is 386 g/mol. The Kier molecular flexibility index (Phi) is 6.48. The Labute approximate surface area is 153 Å². The molecule has 1 heterocycles. The molecule has 1 saturated heterocycles. The fourth-order valence-electron chi connectivity index (χ4n) is 2.84. The number of benzene rings is 1. The molecule has 0 aliphatic carbocycles. The molecule has 0 atom stereocenters. The van der Waals surface area contributed by atoms with Crippen LogP contribution >= 0.6 is 11.6 Å². The summed E-state index contributed by atoms with van der Waals surface area (Å²) >= 11 is 6.18. The van der Waals surface area contributed by atoms with Gasteiger partial charge in [-0.2, -0.15) is 0 Å². The number of ether oxygens (including phenoxy) is 1. The van der Waals surface area contributed by atoms with Gasteiger partial charge in [0.25, 0.3) is 5.91 Å². The lowest BCUT2D eigenvalue weighted by Crippen LogP contribution is -2.47. The number of nitrogens with one attached hydrogen (secondary N) is 1. The van der Waals surface area contributed by atoms with E-state index in [1.165, 1.54) is 0 Å². The van der Waals surface area contributed by atoms with Crippen molar-refractivity contribution in [3.05, 3.63) is 40.3 Å². The van der Waals surface area contributed by atoms with Crippen LogP contribution in [0.15, 0.2) is 24.1 Å². The zero-order chi connectivity index (χ0) is 18.6. The maximum absolute atomic E-state index is 12.3. The summed E-state index contributed by atoms with van der Waals surface area (Å²) in [6, 6.07) is 3.57. The fraction of sp³-hybridized carbons (Fsp3) is 0.471. The average Bonchev–Trinajstić information content (AvgIpc) is 2.54. The van der Waals surface area contributed by atoms with Crippen LogP contribution in [0.3, 0.4) is 0 Å². The minimum absolute atomic E-state index is 0.0906. The molecule has 1 aromatic carbocycles. The van der Waals surface area contributed by atoms with Crippen molar-refractivity contribution in [2.45, 2.75) is 32.7 Å². The van der Waals surface area contributed by atoms with Crippen molar-refractivity contribution in [3.8, 4) is 5.75 Å². The van der Waals surface area contributed by atoms with E-state index in [2.05, 4.69) is 11.3 Å². The molecule has 0 aromatic heterocycles. The highest BCUT2D eigenvalue weighted by molar-refractivity contribution is 7.92. The summed E-state index contributed by atoms with van der Waals surface area (Å²) in [5.74, 6) is 0.385. The number of sulfonamides is 1. The van der Waals surface area contributed by atoms with Gasteiger partial charge in [-0.25, -0.2) is 13.1 Å². The van der Waals surface area contributed by atoms with Crippen molar-refractivity contribution in [2.24, 2.45) is 0 Å². The quantitative estimate of drug-likeness (QED) is 0.814. The summed E-state index contributed by atoms with van der Waals surface area (Å²) in [7, 11) is -3.45. The molecular formula is C17H23ClN2O4S. The number of halogens is 1. The molecule has 25 heavy (non-hydrogen) atoms. The van der Waals surface area contributed by atoms with E-state index in [1.807, 2.05) is 19.9 Å². The molecule has 0 unspecified atom stereocenters. The Bertz CT molecular complexity index is 733. The molecule has 1 aliphatic rings. The zero-order valence-electron chi connectivity index (χ0n) is 14.4. The van der Waals surface area contributed by atoms with Gasteiger partial charge in [-0.05, 0) is 43.9 Å². The maximum Gasteiger partial charge on any atom is 0.260 e. The van der Waals surface area contributed by atoms with Gasteiger partial charge in [0.2, 0.25) is 10.0 Å². The minimum atomic E-state index is -3.45. The normalized spacial score (nSPS) is 15.9. The molecule has 1 fully saturated rings. The number of likely N-dealkylation sites (tertiary alicyclic amines) is 1. The second kappa shape index (κ2) is 8.21. The van der Waals surface area contributed by atoms with Crippen molar-refractivity contribution in [1.82, 2.24) is 9.62 Å². The first kappa shape index (κ1) is 19.8. The number of carbonyl (C=O) groups excluding carboxylic acids is 1. The molecule has 6 nitrogen and oxygen atoms in total. The number of amides is 1. The standard InChI is InChI=1S/C17H23ClN2O4S/c1-4-25(22,23)19-14-5-7-20(8-6-14)16(21)11-24-17-13(3)9-12(2)10-15(17)18/h4,9-10,14,19H,1,5-8,11H2,2-3H3. The molecule has 1 aliphatic heterocycles. The number of piperidine rings is 1. The molecule has 1 aromatic rings. The molecule has 1 N–H and O–H groups in total. The lowest BCUT2D eigenvalue weighted by atomic mass is 10.1. The van der Waals surface area contributed by atoms with Crippen molar-refractivity contribution in [2.75, 3.05) is 19.7 Å². The summed E-state index contributed by atoms with van der Waals surface area (Å²) in [4.78, 5) is 14.0. The first-order valence-corrected chi connectivity index (χ1v) is 9.96. The molecule has 8 heteroatoms. The van der Waals surface area contributed by atoms with E-state index in [-0.39, 0.29) is 18.6 Å². The van der Waals surface area contributed by atoms with E-state index in [1.54, 1.807) is 11.0 Å². The van der Waals surface area contributed by atoms with Gasteiger partial charge in [-0.15, -0.1) is 0 Å². The van der Waals surface area contributed by atoms with E-state index >= 15 is 0 Å². The third-order valence-electron chi connectivity index (χ3n) is 4.11. The molecule has 0 bridgehead atoms. The van der Waals surface area contributed by atoms with Crippen molar-refractivity contribution in [3.63, 3.8) is 0 Å². The lowest BCUT2D eigenvalue weighted by molar-refractivity contribution is -0.134. The van der Waals surface area contributed by atoms with Gasteiger partial charge >= 0.3 is 0 Å². The van der Waals surface area contributed by atoms with Crippen LogP contribution in [0.5, 0.6) is 5.75 Å². The van der Waals surface area contributed by atoms with Crippen LogP contribution in [0.4, 0.5) is 0 Å². The fourth-order valence-corrected chi connectivity index (χ4v) is 4.01. The van der Waals surface area contributed by atoms with Crippen LogP contribution in [0.25, 0.3) is 0 Å². The maximum atomic E-state index is 12.3. The third kappa shape index (κ3) is 5.45. The lowest BCUT2D eigenvalue weighted by Gasteiger charge is -2.32. The van der Waals surface area contributed by atoms with Gasteiger partial charge in [0.1, 0.15) is 5.75 Å². The first-order valence-electron chi connectivity index (χ1n) is 8.04. The van der Waals surface area contributed by atoms with E-state index in [4.69, 9.17) is 16.3 Å². The van der Waals surface area contributed by atoms with Crippen molar-refractivity contribution < 1.29 is 17.9 Å². The molecule has 0 spiro atoms. The van der Waals surface area contributed by atoms with Gasteiger partial charge < -0.3 is 9.64 Å². The number of hydrogen-bond donors (Lipinski definition) is 1. The Morgan fingerprint density at radius 3 is 2.60 bits per heavy atom. The highest BCUT2D eigenvalue weighted by Crippen LogP contribution is 2.29. The zero-order valence-corrected chi connectivity index (χ0v) is 16.0. The van der Waals surface area contributed by atoms with E-state index < -0.39 is 10.0 Å². The average molecular weight is 387 g/mol. The SMILES string of the molecule is C=CS(=O)(=O)NC1CCN(C(=O)COc2c(C)cc(C)cc2Cl)CC1. The first-order chi connectivity index (χ1) is 11.7. The summed E-state index contributed by atoms with van der Waals surface area (Å²) < 4.78 is 31.1. The highest BCUT2D eigenvalue weighted by atomic mass is 35.5. The topological polar surface area (TPSA) is 75.7 Å². The number of rotatable bonds is 6. The molecule has 2 rings (SSSR count). The summed E-state index contributed by atoms with van der Waals surface area (Å²) in [5.41, 5.74) is 1.92. The van der Waals surface area contributed by atoms with Gasteiger partial charge in [0.05, 0.1) is 5.02 Å². The highest BCUT2D eigenvalue weighted by Gasteiger charge is 2.25. The largest absolute Gasteiger partial charge is 0.482 e. The number of hydrogen-bond acceptors (Lipinski definition) is 4. The molecule has 1 amide bonds. The Hall–Kier alpha value is -1.57. The predicted octanol–water partition coefficient (Wildman–Crippen LogP) is 2.39. The number of carbonyl (C=O) groups is 1. The van der Waals surface area contributed by atoms with E-state index in [0.29, 0.717) is 36.7 Å². The van der Waals surface area contributed by atoms with Crippen molar-refractivity contribution in [1.29, 1.82) is 0 Å². The Morgan fingerprint density at radius 2 is 2.04 bits per heavy atom. The van der Waals surface area contributed by atoms with E-state index in [0.717, 1.165) is 16.5 Å². The van der Waals surface area contributed by atoms with Crippen molar-refractivity contribution >= 4 is 27.5 Å². The van der Waals surface area contributed by atoms with Gasteiger partial charge in [-0.1, -0.05) is 24.2 Å². The van der Waals surface area contributed by atoms with Crippen LogP contribution in [-0.2, 0) is 14.8 Å². The van der Waals surface area contributed by atoms with Crippen LogP contribution in [0, 0.1) is 13.8 Å². The molecule has 0 saturated carbocycles. The second-order valence-electron chi connectivity index (χ2n) is 6.17. The second-order valence-corrected chi connectivity index (χ2v) is 8.23. The molecule has 0 radical (unpaired) electrons. The third-order valence-corrected chi connectivity index (χ3v) is 5.49. The summed E-state index contributed by atoms with van der Waals surface area (Å²) in [5, 5.41) is 1.38. The van der Waals surface area contributed by atoms with Gasteiger partial charge in [0, 0.05) is 24.5 Å². The number of nitrogens with zero attached hydrogens (tertiary/aromatic N) is 1. The van der Waals surface area contributed by atoms with Crippen LogP contribution in [-0.4, -0.2) is 45.0 Å². The predicted molar refractivity (Wildman–Crippen MR) is 98.3 cm³/mol. The van der Waals surface area contributed by atoms with Gasteiger partial charge in [0.15, 0.2) is 6.61 Å². The Morgan fingerprint density at radius 1 is 1.40 bits per heavy atom. The molecular weight excluding hydrogens is 364 g/mol. The smallest absolute Gasteiger partial charge is 0.260 e. The summed E-state index contributed by atoms with van der Waals surface area (Å²) in [6.07, 6.45) is 1.12. The number of aryl methyl sites for hydroxylation is 2. The van der Waals surface area contributed by atoms with Crippen LogP contribution < -0.4 is 9.46 Å². The van der Waals surface area contributed by atoms with Crippen LogP contribution in [0.2, 0.25) is 5.02 Å².